The van der Waals surface area contributed by atoms with Gasteiger partial charge in [0, 0.05) is 30.7 Å². The molecular formula is C19H21N5. The maximum absolute atomic E-state index is 4.48. The number of benzene rings is 1. The number of aryl methyl sites for hydroxylation is 3. The topological polar surface area (TPSA) is 62.7 Å². The zero-order valence-corrected chi connectivity index (χ0v) is 14.2. The average Bonchev–Trinajstić information content (AvgIpc) is 2.57. The van der Waals surface area contributed by atoms with E-state index >= 15 is 0 Å². The Balaban J connectivity index is 1.77. The number of hydrogen-bond acceptors (Lipinski definition) is 5. The molecule has 1 aromatic carbocycles. The molecule has 122 valence electrons. The molecule has 24 heavy (non-hydrogen) atoms. The molecule has 0 aliphatic carbocycles. The Bertz CT molecular complexity index is 830. The fourth-order valence-corrected chi connectivity index (χ4v) is 2.43. The van der Waals surface area contributed by atoms with Crippen molar-refractivity contribution in [3.63, 3.8) is 0 Å². The van der Waals surface area contributed by atoms with Crippen LogP contribution in [0.2, 0.25) is 0 Å². The van der Waals surface area contributed by atoms with Crippen LogP contribution in [0, 0.1) is 20.8 Å². The van der Waals surface area contributed by atoms with Gasteiger partial charge in [-0.2, -0.15) is 0 Å². The molecule has 0 aliphatic rings. The first-order chi connectivity index (χ1) is 11.6. The number of rotatable bonds is 5. The van der Waals surface area contributed by atoms with Gasteiger partial charge >= 0.3 is 0 Å². The third-order valence-corrected chi connectivity index (χ3v) is 3.69. The molecule has 2 N–H and O–H groups in total. The first kappa shape index (κ1) is 15.9. The monoisotopic (exact) mass is 319 g/mol. The lowest BCUT2D eigenvalue weighted by Gasteiger charge is -2.12. The Kier molecular flexibility index (Phi) is 4.70. The SMILES string of the molecule is Cc1ccc(C)c(Nc2cc(NCc3cccnc3)nc(C)n2)c1. The smallest absolute Gasteiger partial charge is 0.136 e. The molecule has 0 aliphatic heterocycles. The van der Waals surface area contributed by atoms with Gasteiger partial charge in [-0.1, -0.05) is 18.2 Å². The van der Waals surface area contributed by atoms with E-state index in [1.165, 1.54) is 11.1 Å². The van der Waals surface area contributed by atoms with E-state index in [-0.39, 0.29) is 0 Å². The zero-order valence-electron chi connectivity index (χ0n) is 14.2. The lowest BCUT2D eigenvalue weighted by atomic mass is 10.1. The highest BCUT2D eigenvalue weighted by atomic mass is 15.1. The minimum atomic E-state index is 0.674. The highest BCUT2D eigenvalue weighted by Gasteiger charge is 2.05. The van der Waals surface area contributed by atoms with Crippen LogP contribution in [0.4, 0.5) is 17.3 Å². The van der Waals surface area contributed by atoms with Crippen LogP contribution in [-0.2, 0) is 6.54 Å². The Morgan fingerprint density at radius 2 is 1.79 bits per heavy atom. The number of aromatic nitrogens is 3. The molecule has 0 amide bonds. The third-order valence-electron chi connectivity index (χ3n) is 3.69. The Labute approximate surface area is 142 Å². The van der Waals surface area contributed by atoms with Gasteiger partial charge in [-0.25, -0.2) is 9.97 Å². The van der Waals surface area contributed by atoms with Crippen molar-refractivity contribution in [2.24, 2.45) is 0 Å². The maximum Gasteiger partial charge on any atom is 0.136 e. The quantitative estimate of drug-likeness (QED) is 0.739. The summed E-state index contributed by atoms with van der Waals surface area (Å²) in [6.45, 7) is 6.73. The van der Waals surface area contributed by atoms with Gasteiger partial charge in [0.1, 0.15) is 17.5 Å². The second-order valence-electron chi connectivity index (χ2n) is 5.84. The maximum atomic E-state index is 4.48. The molecule has 0 bridgehead atoms. The van der Waals surface area contributed by atoms with Crippen LogP contribution < -0.4 is 10.6 Å². The van der Waals surface area contributed by atoms with Crippen molar-refractivity contribution >= 4 is 17.3 Å². The molecule has 5 heteroatoms. The molecule has 0 unspecified atom stereocenters. The van der Waals surface area contributed by atoms with Crippen LogP contribution in [0.5, 0.6) is 0 Å². The first-order valence-corrected chi connectivity index (χ1v) is 7.93. The van der Waals surface area contributed by atoms with E-state index in [0.29, 0.717) is 6.54 Å². The summed E-state index contributed by atoms with van der Waals surface area (Å²) in [7, 11) is 0. The highest BCUT2D eigenvalue weighted by Crippen LogP contribution is 2.22. The van der Waals surface area contributed by atoms with Gasteiger partial charge in [-0.15, -0.1) is 0 Å². The Morgan fingerprint density at radius 3 is 2.58 bits per heavy atom. The number of anilines is 3. The summed E-state index contributed by atoms with van der Waals surface area (Å²) in [6, 6.07) is 12.2. The number of nitrogens with one attached hydrogen (secondary N) is 2. The summed E-state index contributed by atoms with van der Waals surface area (Å²) < 4.78 is 0. The van der Waals surface area contributed by atoms with Crippen molar-refractivity contribution in [2.75, 3.05) is 10.6 Å². The van der Waals surface area contributed by atoms with Gasteiger partial charge in [-0.3, -0.25) is 4.98 Å². The fourth-order valence-electron chi connectivity index (χ4n) is 2.43. The van der Waals surface area contributed by atoms with Gasteiger partial charge in [0.15, 0.2) is 0 Å². The van der Waals surface area contributed by atoms with Crippen LogP contribution in [0.15, 0.2) is 48.8 Å². The lowest BCUT2D eigenvalue weighted by molar-refractivity contribution is 1.02. The number of pyridine rings is 1. The van der Waals surface area contributed by atoms with Crippen molar-refractivity contribution in [1.82, 2.24) is 15.0 Å². The number of hydrogen-bond donors (Lipinski definition) is 2. The molecule has 0 radical (unpaired) electrons. The van der Waals surface area contributed by atoms with E-state index in [4.69, 9.17) is 0 Å². The van der Waals surface area contributed by atoms with Crippen LogP contribution in [-0.4, -0.2) is 15.0 Å². The van der Waals surface area contributed by atoms with E-state index in [1.807, 2.05) is 31.3 Å². The van der Waals surface area contributed by atoms with Crippen molar-refractivity contribution in [3.05, 3.63) is 71.3 Å². The summed E-state index contributed by atoms with van der Waals surface area (Å²) in [6.07, 6.45) is 3.61. The largest absolute Gasteiger partial charge is 0.366 e. The minimum Gasteiger partial charge on any atom is -0.366 e. The molecule has 3 aromatic rings. The van der Waals surface area contributed by atoms with Crippen molar-refractivity contribution in [3.8, 4) is 0 Å². The Hall–Kier alpha value is -2.95. The van der Waals surface area contributed by atoms with Gasteiger partial charge in [0.05, 0.1) is 0 Å². The molecule has 0 fully saturated rings. The molecule has 3 rings (SSSR count). The molecule has 2 heterocycles. The predicted molar refractivity (Wildman–Crippen MR) is 97.5 cm³/mol. The second-order valence-corrected chi connectivity index (χ2v) is 5.84. The van der Waals surface area contributed by atoms with E-state index < -0.39 is 0 Å². The third kappa shape index (κ3) is 4.07. The van der Waals surface area contributed by atoms with Crippen LogP contribution in [0.25, 0.3) is 0 Å². The normalized spacial score (nSPS) is 10.5. The standard InChI is InChI=1S/C19H21N5/c1-13-6-7-14(2)17(9-13)24-19-10-18(22-15(3)23-19)21-12-16-5-4-8-20-11-16/h4-11H,12H2,1-3H3,(H2,21,22,23,24). The Morgan fingerprint density at radius 1 is 0.958 bits per heavy atom. The molecule has 5 nitrogen and oxygen atoms in total. The zero-order chi connectivity index (χ0) is 16.9. The van der Waals surface area contributed by atoms with Crippen LogP contribution >= 0.6 is 0 Å². The molecule has 0 atom stereocenters. The lowest BCUT2D eigenvalue weighted by Crippen LogP contribution is -2.05. The van der Waals surface area contributed by atoms with Gasteiger partial charge in [0.25, 0.3) is 0 Å². The van der Waals surface area contributed by atoms with E-state index in [0.717, 1.165) is 28.7 Å². The van der Waals surface area contributed by atoms with Crippen molar-refractivity contribution in [1.29, 1.82) is 0 Å². The van der Waals surface area contributed by atoms with E-state index in [2.05, 4.69) is 57.6 Å². The van der Waals surface area contributed by atoms with Crippen molar-refractivity contribution < 1.29 is 0 Å². The summed E-state index contributed by atoms with van der Waals surface area (Å²) >= 11 is 0. The van der Waals surface area contributed by atoms with Crippen LogP contribution in [0.1, 0.15) is 22.5 Å². The van der Waals surface area contributed by atoms with E-state index in [1.54, 1.807) is 6.20 Å². The van der Waals surface area contributed by atoms with E-state index in [9.17, 15) is 0 Å². The molecule has 0 saturated carbocycles. The van der Waals surface area contributed by atoms with Crippen molar-refractivity contribution in [2.45, 2.75) is 27.3 Å². The summed E-state index contributed by atoms with van der Waals surface area (Å²) in [5.41, 5.74) is 4.56. The molecule has 0 saturated heterocycles. The summed E-state index contributed by atoms with van der Waals surface area (Å²) in [5.74, 6) is 2.29. The van der Waals surface area contributed by atoms with Gasteiger partial charge < -0.3 is 10.6 Å². The first-order valence-electron chi connectivity index (χ1n) is 7.93. The fraction of sp³-hybridized carbons (Fsp3) is 0.211. The number of nitrogens with zero attached hydrogens (tertiary/aromatic N) is 3. The minimum absolute atomic E-state index is 0.674. The van der Waals surface area contributed by atoms with Gasteiger partial charge in [0.2, 0.25) is 0 Å². The molecule has 0 spiro atoms. The van der Waals surface area contributed by atoms with Crippen LogP contribution in [0.3, 0.4) is 0 Å². The summed E-state index contributed by atoms with van der Waals surface area (Å²) in [5, 5.41) is 6.71. The highest BCUT2D eigenvalue weighted by molar-refractivity contribution is 5.63. The van der Waals surface area contributed by atoms with Gasteiger partial charge in [-0.05, 0) is 49.6 Å². The average molecular weight is 319 g/mol. The summed E-state index contributed by atoms with van der Waals surface area (Å²) in [4.78, 5) is 13.0. The predicted octanol–water partition coefficient (Wildman–Crippen LogP) is 4.15. The molecular weight excluding hydrogens is 298 g/mol. The second kappa shape index (κ2) is 7.08. The molecule has 2 aromatic heterocycles.